The van der Waals surface area contributed by atoms with Gasteiger partial charge in [-0.05, 0) is 58.1 Å². The highest BCUT2D eigenvalue weighted by Crippen LogP contribution is 2.40. The number of aryl methyl sites for hydroxylation is 4. The van der Waals surface area contributed by atoms with Gasteiger partial charge in [0.1, 0.15) is 15.7 Å². The zero-order chi connectivity index (χ0) is 20.7. The van der Waals surface area contributed by atoms with E-state index in [0.29, 0.717) is 29.1 Å². The number of ketones is 1. The number of carbonyl (C=O) groups excluding carboxylic acids is 2. The van der Waals surface area contributed by atoms with Gasteiger partial charge in [-0.25, -0.2) is 14.8 Å². The summed E-state index contributed by atoms with van der Waals surface area (Å²) in [6, 6.07) is 0. The monoisotopic (exact) mass is 429 g/mol. The first kappa shape index (κ1) is 20.1. The third kappa shape index (κ3) is 3.59. The fraction of sp³-hybridized carbons (Fsp3) is 0.429. The number of nitrogens with zero attached hydrogens (tertiary/aromatic N) is 2. The summed E-state index contributed by atoms with van der Waals surface area (Å²) < 4.78 is 5.12. The SMILES string of the molecule is CCOC(=O)c1c(C)[nH]c(C(=O)CSc2nc(C)nc3sc4c(c23)CCC4)c1C. The molecule has 0 fully saturated rings. The van der Waals surface area contributed by atoms with Gasteiger partial charge in [-0.3, -0.25) is 4.79 Å². The van der Waals surface area contributed by atoms with Crippen LogP contribution >= 0.6 is 23.1 Å². The number of thiophene rings is 1. The van der Waals surface area contributed by atoms with Gasteiger partial charge in [0.25, 0.3) is 0 Å². The Hall–Kier alpha value is -2.19. The molecular weight excluding hydrogens is 406 g/mol. The quantitative estimate of drug-likeness (QED) is 0.267. The molecule has 1 aliphatic rings. The van der Waals surface area contributed by atoms with Crippen LogP contribution in [0.15, 0.2) is 5.03 Å². The molecule has 0 radical (unpaired) electrons. The van der Waals surface area contributed by atoms with Crippen LogP contribution in [0.3, 0.4) is 0 Å². The van der Waals surface area contributed by atoms with Gasteiger partial charge in [0.15, 0.2) is 5.78 Å². The molecule has 0 aromatic carbocycles. The number of esters is 1. The molecule has 1 aliphatic carbocycles. The molecule has 4 rings (SSSR count). The van der Waals surface area contributed by atoms with Gasteiger partial charge in [-0.15, -0.1) is 11.3 Å². The zero-order valence-corrected chi connectivity index (χ0v) is 18.6. The average molecular weight is 430 g/mol. The second-order valence-electron chi connectivity index (χ2n) is 7.17. The number of fused-ring (bicyclic) bond motifs is 3. The minimum Gasteiger partial charge on any atom is -0.462 e. The highest BCUT2D eigenvalue weighted by molar-refractivity contribution is 8.00. The van der Waals surface area contributed by atoms with Gasteiger partial charge < -0.3 is 9.72 Å². The van der Waals surface area contributed by atoms with E-state index >= 15 is 0 Å². The third-order valence-corrected chi connectivity index (χ3v) is 7.34. The maximum absolute atomic E-state index is 12.9. The van der Waals surface area contributed by atoms with Gasteiger partial charge in [0.2, 0.25) is 0 Å². The highest BCUT2D eigenvalue weighted by Gasteiger charge is 2.25. The lowest BCUT2D eigenvalue weighted by atomic mass is 10.1. The van der Waals surface area contributed by atoms with Crippen molar-refractivity contribution in [3.05, 3.63) is 38.8 Å². The molecule has 0 bridgehead atoms. The lowest BCUT2D eigenvalue weighted by Gasteiger charge is -2.06. The van der Waals surface area contributed by atoms with Crippen LogP contribution in [0.4, 0.5) is 0 Å². The molecule has 0 unspecified atom stereocenters. The van der Waals surface area contributed by atoms with Crippen LogP contribution in [0, 0.1) is 20.8 Å². The first-order chi connectivity index (χ1) is 13.9. The number of ether oxygens (including phenoxy) is 1. The Bertz CT molecular complexity index is 1130. The van der Waals surface area contributed by atoms with Gasteiger partial charge in [-0.1, -0.05) is 11.8 Å². The van der Waals surface area contributed by atoms with Crippen molar-refractivity contribution in [2.75, 3.05) is 12.4 Å². The summed E-state index contributed by atoms with van der Waals surface area (Å²) in [7, 11) is 0. The minimum atomic E-state index is -0.396. The lowest BCUT2D eigenvalue weighted by molar-refractivity contribution is 0.0525. The third-order valence-electron chi connectivity index (χ3n) is 5.18. The minimum absolute atomic E-state index is 0.0533. The molecule has 1 N–H and O–H groups in total. The molecule has 0 aliphatic heterocycles. The normalized spacial score (nSPS) is 13.1. The summed E-state index contributed by atoms with van der Waals surface area (Å²) in [6.07, 6.45) is 3.34. The van der Waals surface area contributed by atoms with E-state index in [4.69, 9.17) is 4.74 Å². The van der Waals surface area contributed by atoms with Crippen molar-refractivity contribution >= 4 is 45.1 Å². The number of thioether (sulfide) groups is 1. The van der Waals surface area contributed by atoms with E-state index in [1.807, 2.05) is 6.92 Å². The van der Waals surface area contributed by atoms with E-state index in [9.17, 15) is 9.59 Å². The summed E-state index contributed by atoms with van der Waals surface area (Å²) in [4.78, 5) is 39.9. The van der Waals surface area contributed by atoms with E-state index in [2.05, 4.69) is 15.0 Å². The Morgan fingerprint density at radius 3 is 2.76 bits per heavy atom. The van der Waals surface area contributed by atoms with Crippen LogP contribution in [-0.2, 0) is 17.6 Å². The van der Waals surface area contributed by atoms with Crippen molar-refractivity contribution in [3.8, 4) is 0 Å². The van der Waals surface area contributed by atoms with Crippen LogP contribution in [0.2, 0.25) is 0 Å². The molecule has 0 saturated carbocycles. The van der Waals surface area contributed by atoms with Crippen molar-refractivity contribution < 1.29 is 14.3 Å². The van der Waals surface area contributed by atoms with Gasteiger partial charge in [0.05, 0.1) is 23.6 Å². The molecule has 0 spiro atoms. The number of Topliss-reactive ketones (excluding diaryl/α,β-unsaturated/α-hetero) is 1. The fourth-order valence-corrected chi connectivity index (χ4v) is 6.26. The fourth-order valence-electron chi connectivity index (χ4n) is 3.91. The van der Waals surface area contributed by atoms with E-state index in [-0.39, 0.29) is 11.5 Å². The Morgan fingerprint density at radius 1 is 1.21 bits per heavy atom. The molecule has 3 aromatic rings. The van der Waals surface area contributed by atoms with Crippen LogP contribution in [0.25, 0.3) is 10.2 Å². The number of H-pyrrole nitrogens is 1. The maximum atomic E-state index is 12.9. The molecule has 0 amide bonds. The zero-order valence-electron chi connectivity index (χ0n) is 17.0. The summed E-state index contributed by atoms with van der Waals surface area (Å²) in [5, 5.41) is 2.00. The molecule has 0 atom stereocenters. The largest absolute Gasteiger partial charge is 0.462 e. The Kier molecular flexibility index (Phi) is 5.48. The van der Waals surface area contributed by atoms with Crippen LogP contribution in [0.1, 0.15) is 61.7 Å². The number of hydrogen-bond acceptors (Lipinski definition) is 7. The number of rotatable bonds is 6. The number of hydrogen-bond donors (Lipinski definition) is 1. The molecule has 152 valence electrons. The molecule has 3 heterocycles. The van der Waals surface area contributed by atoms with Crippen molar-refractivity contribution in [2.45, 2.75) is 52.0 Å². The van der Waals surface area contributed by atoms with E-state index in [0.717, 1.165) is 33.9 Å². The van der Waals surface area contributed by atoms with Gasteiger partial charge in [0, 0.05) is 16.0 Å². The number of aromatic nitrogens is 3. The number of aromatic amines is 1. The molecule has 29 heavy (non-hydrogen) atoms. The van der Waals surface area contributed by atoms with E-state index in [1.165, 1.54) is 28.6 Å². The summed E-state index contributed by atoms with van der Waals surface area (Å²) >= 11 is 3.20. The molecular formula is C21H23N3O3S2. The standard InChI is InChI=1S/C21H23N3O3S2/c1-5-27-21(26)16-10(2)18(22-11(16)3)14(25)9-28-19-17-13-7-6-8-15(13)29-20(17)24-12(4)23-19/h22H,5-9H2,1-4H3. The first-order valence-electron chi connectivity index (χ1n) is 9.71. The average Bonchev–Trinajstić information content (AvgIpc) is 3.32. The first-order valence-corrected chi connectivity index (χ1v) is 11.5. The van der Waals surface area contributed by atoms with Crippen LogP contribution in [-0.4, -0.2) is 39.1 Å². The molecule has 3 aromatic heterocycles. The van der Waals surface area contributed by atoms with E-state index in [1.54, 1.807) is 32.1 Å². The Morgan fingerprint density at radius 2 is 2.00 bits per heavy atom. The van der Waals surface area contributed by atoms with E-state index < -0.39 is 5.97 Å². The Labute approximate surface area is 177 Å². The predicted octanol–water partition coefficient (Wildman–Crippen LogP) is 4.59. The van der Waals surface area contributed by atoms with Crippen LogP contribution in [0.5, 0.6) is 0 Å². The molecule has 0 saturated heterocycles. The maximum Gasteiger partial charge on any atom is 0.340 e. The lowest BCUT2D eigenvalue weighted by Crippen LogP contribution is -2.08. The summed E-state index contributed by atoms with van der Waals surface area (Å²) in [5.74, 6) is 0.526. The predicted molar refractivity (Wildman–Crippen MR) is 115 cm³/mol. The topological polar surface area (TPSA) is 84.9 Å². The van der Waals surface area contributed by atoms with Crippen molar-refractivity contribution in [1.29, 1.82) is 0 Å². The highest BCUT2D eigenvalue weighted by atomic mass is 32.2. The smallest absolute Gasteiger partial charge is 0.340 e. The van der Waals surface area contributed by atoms with Crippen LogP contribution < -0.4 is 0 Å². The summed E-state index contributed by atoms with van der Waals surface area (Å²) in [6.45, 7) is 7.53. The number of carbonyl (C=O) groups is 2. The van der Waals surface area contributed by atoms with Crippen molar-refractivity contribution in [2.24, 2.45) is 0 Å². The number of nitrogens with one attached hydrogen (secondary N) is 1. The second kappa shape index (κ2) is 7.91. The Balaban J connectivity index is 1.60. The molecule has 8 heteroatoms. The molecule has 6 nitrogen and oxygen atoms in total. The second-order valence-corrected chi connectivity index (χ2v) is 9.22. The van der Waals surface area contributed by atoms with Gasteiger partial charge in [-0.2, -0.15) is 0 Å². The van der Waals surface area contributed by atoms with Crippen molar-refractivity contribution in [3.63, 3.8) is 0 Å². The van der Waals surface area contributed by atoms with Gasteiger partial charge >= 0.3 is 5.97 Å². The van der Waals surface area contributed by atoms with Crippen molar-refractivity contribution in [1.82, 2.24) is 15.0 Å². The summed E-state index contributed by atoms with van der Waals surface area (Å²) in [5.41, 5.74) is 3.58.